The predicted octanol–water partition coefficient (Wildman–Crippen LogP) is 10.4. The molecular weight excluding hydrogens is 490 g/mol. The lowest BCUT2D eigenvalue weighted by atomic mass is 9.76. The van der Waals surface area contributed by atoms with Crippen molar-refractivity contribution in [3.8, 4) is 11.5 Å². The summed E-state index contributed by atoms with van der Waals surface area (Å²) in [6.07, 6.45) is 27.9. The fraction of sp³-hybridized carbons (Fsp3) is 0.514. The van der Waals surface area contributed by atoms with Gasteiger partial charge >= 0.3 is 0 Å². The quantitative estimate of drug-likeness (QED) is 0.147. The van der Waals surface area contributed by atoms with Gasteiger partial charge in [0, 0.05) is 18.3 Å². The first-order valence-corrected chi connectivity index (χ1v) is 15.8. The number of ether oxygens (including phenoxy) is 2. The molecule has 0 saturated carbocycles. The van der Waals surface area contributed by atoms with Crippen LogP contribution in [-0.4, -0.2) is 19.4 Å². The van der Waals surface area contributed by atoms with Crippen molar-refractivity contribution in [2.45, 2.75) is 108 Å². The summed E-state index contributed by atoms with van der Waals surface area (Å²) in [5.41, 5.74) is 2.93. The molecular formula is C37H51NO2. The molecule has 3 heteroatoms. The van der Waals surface area contributed by atoms with Crippen molar-refractivity contribution in [1.82, 2.24) is 0 Å². The van der Waals surface area contributed by atoms with Gasteiger partial charge < -0.3 is 14.4 Å². The molecule has 40 heavy (non-hydrogen) atoms. The average molecular weight is 542 g/mol. The van der Waals surface area contributed by atoms with E-state index < -0.39 is 5.72 Å². The summed E-state index contributed by atoms with van der Waals surface area (Å²) in [4.78, 5) is 2.28. The maximum atomic E-state index is 6.76. The molecule has 0 saturated heterocycles. The maximum absolute atomic E-state index is 6.76. The molecule has 0 N–H and O–H groups in total. The van der Waals surface area contributed by atoms with Crippen LogP contribution in [0.2, 0.25) is 0 Å². The minimum atomic E-state index is -0.533. The van der Waals surface area contributed by atoms with Crippen LogP contribution in [0.25, 0.3) is 6.08 Å². The average Bonchev–Trinajstić information content (AvgIpc) is 3.12. The van der Waals surface area contributed by atoms with Gasteiger partial charge in [-0.2, -0.15) is 0 Å². The SMILES string of the molecule is C=C/C=C/CCCCCCCCCCCCCCOc1ccc2c(c1)C=CC1(O2)N(C)c2ccccc2C1(C)C. The molecule has 3 nitrogen and oxygen atoms in total. The van der Waals surface area contributed by atoms with Crippen LogP contribution in [0.5, 0.6) is 11.5 Å². The molecule has 4 rings (SSSR count). The molecule has 216 valence electrons. The Balaban J connectivity index is 1.09. The Morgan fingerprint density at radius 3 is 2.17 bits per heavy atom. The van der Waals surface area contributed by atoms with Gasteiger partial charge in [0.1, 0.15) is 11.5 Å². The number of rotatable bonds is 17. The Morgan fingerprint density at radius 2 is 1.50 bits per heavy atom. The van der Waals surface area contributed by atoms with Crippen LogP contribution in [-0.2, 0) is 5.41 Å². The summed E-state index contributed by atoms with van der Waals surface area (Å²) in [5.74, 6) is 1.85. The Bertz CT molecular complexity index is 1150. The van der Waals surface area contributed by atoms with Gasteiger partial charge in [0.05, 0.1) is 12.0 Å². The zero-order chi connectivity index (χ0) is 28.3. The van der Waals surface area contributed by atoms with E-state index in [1.54, 1.807) is 0 Å². The Morgan fingerprint density at radius 1 is 0.850 bits per heavy atom. The summed E-state index contributed by atoms with van der Waals surface area (Å²) in [6, 6.07) is 14.9. The van der Waals surface area contributed by atoms with Gasteiger partial charge in [0.2, 0.25) is 5.72 Å². The van der Waals surface area contributed by atoms with Crippen molar-refractivity contribution in [2.24, 2.45) is 0 Å². The molecule has 1 spiro atoms. The van der Waals surface area contributed by atoms with Crippen LogP contribution in [0.3, 0.4) is 0 Å². The number of benzene rings is 2. The highest BCUT2D eigenvalue weighted by molar-refractivity contribution is 5.72. The second-order valence-electron chi connectivity index (χ2n) is 12.1. The molecule has 2 aliphatic heterocycles. The molecule has 0 fully saturated rings. The zero-order valence-corrected chi connectivity index (χ0v) is 25.3. The smallest absolute Gasteiger partial charge is 0.211 e. The fourth-order valence-electron chi connectivity index (χ4n) is 6.36. The van der Waals surface area contributed by atoms with E-state index in [4.69, 9.17) is 9.47 Å². The third kappa shape index (κ3) is 7.03. The lowest BCUT2D eigenvalue weighted by Crippen LogP contribution is -2.58. The van der Waals surface area contributed by atoms with E-state index in [1.807, 2.05) is 6.08 Å². The molecule has 0 aliphatic carbocycles. The van der Waals surface area contributed by atoms with Crippen LogP contribution >= 0.6 is 0 Å². The molecule has 1 unspecified atom stereocenters. The first kappa shape index (κ1) is 30.0. The van der Waals surface area contributed by atoms with Crippen molar-refractivity contribution < 1.29 is 9.47 Å². The minimum Gasteiger partial charge on any atom is -0.494 e. The largest absolute Gasteiger partial charge is 0.494 e. The van der Waals surface area contributed by atoms with Gasteiger partial charge in [-0.3, -0.25) is 0 Å². The van der Waals surface area contributed by atoms with Crippen molar-refractivity contribution >= 4 is 11.8 Å². The van der Waals surface area contributed by atoms with Gasteiger partial charge in [0.25, 0.3) is 0 Å². The molecule has 0 bridgehead atoms. The van der Waals surface area contributed by atoms with Crippen LogP contribution in [0.15, 0.2) is 73.3 Å². The number of fused-ring (bicyclic) bond motifs is 2. The standard InChI is InChI=1S/C37H51NO2/c1-5-6-7-8-9-10-11-12-13-14-15-16-17-18-19-22-29-39-32-25-26-35-31(30-32)27-28-37(40-35)36(2,3)33-23-20-21-24-34(33)38(37)4/h5-7,20-21,23-28,30H,1,8-19,22,29H2,2-4H3/b7-6+. The molecule has 2 aromatic carbocycles. The summed E-state index contributed by atoms with van der Waals surface area (Å²) in [5, 5.41) is 0. The molecule has 2 aromatic rings. The molecule has 2 aliphatic rings. The van der Waals surface area contributed by atoms with E-state index in [0.717, 1.165) is 30.1 Å². The third-order valence-electron chi connectivity index (χ3n) is 8.87. The third-order valence-corrected chi connectivity index (χ3v) is 8.87. The van der Waals surface area contributed by atoms with E-state index in [1.165, 1.54) is 88.3 Å². The number of nitrogens with zero attached hydrogens (tertiary/aromatic N) is 1. The van der Waals surface area contributed by atoms with Crippen LogP contribution in [0.4, 0.5) is 5.69 Å². The van der Waals surface area contributed by atoms with Crippen molar-refractivity contribution in [1.29, 1.82) is 0 Å². The van der Waals surface area contributed by atoms with Gasteiger partial charge in [-0.1, -0.05) is 107 Å². The number of allylic oxidation sites excluding steroid dienone is 3. The Kier molecular flexibility index (Phi) is 11.0. The normalized spacial score (nSPS) is 18.6. The second-order valence-corrected chi connectivity index (χ2v) is 12.1. The van der Waals surface area contributed by atoms with Gasteiger partial charge in [0.15, 0.2) is 0 Å². The van der Waals surface area contributed by atoms with E-state index in [9.17, 15) is 0 Å². The highest BCUT2D eigenvalue weighted by atomic mass is 16.5. The monoisotopic (exact) mass is 541 g/mol. The number of hydrogen-bond acceptors (Lipinski definition) is 3. The summed E-state index contributed by atoms with van der Waals surface area (Å²) >= 11 is 0. The van der Waals surface area contributed by atoms with Gasteiger partial charge in [-0.15, -0.1) is 0 Å². The lowest BCUT2D eigenvalue weighted by Gasteiger charge is -2.45. The second kappa shape index (κ2) is 14.6. The number of unbranched alkanes of at least 4 members (excludes halogenated alkanes) is 12. The summed E-state index contributed by atoms with van der Waals surface area (Å²) in [7, 11) is 2.13. The Labute approximate surface area is 244 Å². The highest BCUT2D eigenvalue weighted by Crippen LogP contribution is 2.54. The van der Waals surface area contributed by atoms with Crippen LogP contribution in [0.1, 0.15) is 108 Å². The van der Waals surface area contributed by atoms with E-state index in [2.05, 4.69) is 99.1 Å². The number of anilines is 1. The van der Waals surface area contributed by atoms with Crippen LogP contribution < -0.4 is 14.4 Å². The Hall–Kier alpha value is -2.94. The van der Waals surface area contributed by atoms with E-state index in [-0.39, 0.29) is 5.41 Å². The maximum Gasteiger partial charge on any atom is 0.211 e. The zero-order valence-electron chi connectivity index (χ0n) is 25.3. The van der Waals surface area contributed by atoms with Crippen molar-refractivity contribution in [2.75, 3.05) is 18.6 Å². The molecule has 1 atom stereocenters. The number of likely N-dealkylation sites (N-methyl/N-ethyl adjacent to an activating group) is 1. The highest BCUT2D eigenvalue weighted by Gasteiger charge is 2.57. The van der Waals surface area contributed by atoms with Gasteiger partial charge in [-0.05, 0) is 75.1 Å². The van der Waals surface area contributed by atoms with Crippen molar-refractivity contribution in [3.05, 3.63) is 84.5 Å². The first-order valence-electron chi connectivity index (χ1n) is 15.8. The predicted molar refractivity (Wildman–Crippen MR) is 172 cm³/mol. The fourth-order valence-corrected chi connectivity index (χ4v) is 6.36. The first-order chi connectivity index (χ1) is 19.5. The molecule has 0 radical (unpaired) electrons. The summed E-state index contributed by atoms with van der Waals surface area (Å²) in [6.45, 7) is 9.04. The topological polar surface area (TPSA) is 21.7 Å². The lowest BCUT2D eigenvalue weighted by molar-refractivity contribution is 0.0581. The number of hydrogen-bond donors (Lipinski definition) is 0. The van der Waals surface area contributed by atoms with Gasteiger partial charge in [-0.25, -0.2) is 0 Å². The summed E-state index contributed by atoms with van der Waals surface area (Å²) < 4.78 is 12.9. The minimum absolute atomic E-state index is 0.176. The molecule has 0 aromatic heterocycles. The van der Waals surface area contributed by atoms with E-state index >= 15 is 0 Å². The molecule has 0 amide bonds. The number of para-hydroxylation sites is 1. The van der Waals surface area contributed by atoms with Crippen LogP contribution in [0, 0.1) is 0 Å². The van der Waals surface area contributed by atoms with E-state index in [0.29, 0.717) is 0 Å². The van der Waals surface area contributed by atoms with Crippen molar-refractivity contribution in [3.63, 3.8) is 0 Å². The molecule has 2 heterocycles.